The van der Waals surface area contributed by atoms with Crippen LogP contribution in [0.25, 0.3) is 0 Å². The fraction of sp³-hybridized carbons (Fsp3) is 0.522. The van der Waals surface area contributed by atoms with Crippen LogP contribution in [-0.2, 0) is 24.3 Å². The zero-order chi connectivity index (χ0) is 25.4. The summed E-state index contributed by atoms with van der Waals surface area (Å²) >= 11 is 0. The van der Waals surface area contributed by atoms with Gasteiger partial charge in [-0.1, -0.05) is 37.8 Å². The Morgan fingerprint density at radius 1 is 0.971 bits per heavy atom. The minimum Gasteiger partial charge on any atom is -0.481 e. The van der Waals surface area contributed by atoms with Crippen molar-refractivity contribution in [3.8, 4) is 0 Å². The van der Waals surface area contributed by atoms with E-state index < -0.39 is 40.5 Å². The standard InChI is InChI=1S/C23H34N2O8S/c1-34(31,32)25-16-10-8-6-4-2-3-5-7-9-15-24-19-13-11-18(12-14-19)23(30)33-20(22(28)29)17-21(26)27/h7,9,11-14,20,24-25H,2-6,8,10,15-17H2,1H3,(H,26,27)(H,28,29). The largest absolute Gasteiger partial charge is 0.481 e. The number of hydrogen-bond acceptors (Lipinski definition) is 7. The summed E-state index contributed by atoms with van der Waals surface area (Å²) in [5, 5.41) is 20.8. The van der Waals surface area contributed by atoms with E-state index in [-0.39, 0.29) is 5.56 Å². The van der Waals surface area contributed by atoms with E-state index in [2.05, 4.69) is 16.1 Å². The molecule has 0 spiro atoms. The Bertz CT molecular complexity index is 913. The highest BCUT2D eigenvalue weighted by atomic mass is 32.2. The van der Waals surface area contributed by atoms with Gasteiger partial charge in [0, 0.05) is 18.8 Å². The molecule has 1 aromatic rings. The van der Waals surface area contributed by atoms with Gasteiger partial charge in [0.15, 0.2) is 0 Å². The lowest BCUT2D eigenvalue weighted by Gasteiger charge is -2.12. The highest BCUT2D eigenvalue weighted by molar-refractivity contribution is 7.88. The lowest BCUT2D eigenvalue weighted by Crippen LogP contribution is -2.29. The van der Waals surface area contributed by atoms with Crippen molar-refractivity contribution >= 4 is 33.6 Å². The van der Waals surface area contributed by atoms with Gasteiger partial charge < -0.3 is 20.3 Å². The highest BCUT2D eigenvalue weighted by Gasteiger charge is 2.25. The molecule has 190 valence electrons. The normalized spacial score (nSPS) is 12.4. The van der Waals surface area contributed by atoms with Crippen LogP contribution in [0.2, 0.25) is 0 Å². The first-order valence-electron chi connectivity index (χ1n) is 11.2. The summed E-state index contributed by atoms with van der Waals surface area (Å²) in [6, 6.07) is 6.27. The zero-order valence-corrected chi connectivity index (χ0v) is 20.2. The van der Waals surface area contributed by atoms with Crippen LogP contribution in [0, 0.1) is 0 Å². The lowest BCUT2D eigenvalue weighted by atomic mass is 10.1. The van der Waals surface area contributed by atoms with Crippen molar-refractivity contribution < 1.29 is 37.8 Å². The van der Waals surface area contributed by atoms with Gasteiger partial charge in [-0.2, -0.15) is 0 Å². The van der Waals surface area contributed by atoms with Gasteiger partial charge in [0.05, 0.1) is 18.2 Å². The molecule has 10 nitrogen and oxygen atoms in total. The third kappa shape index (κ3) is 14.3. The van der Waals surface area contributed by atoms with Gasteiger partial charge in [-0.25, -0.2) is 22.7 Å². The number of carboxylic acids is 2. The maximum atomic E-state index is 12.0. The third-order valence-electron chi connectivity index (χ3n) is 4.76. The van der Waals surface area contributed by atoms with Crippen molar-refractivity contribution in [2.45, 2.75) is 57.5 Å². The summed E-state index contributed by atoms with van der Waals surface area (Å²) in [4.78, 5) is 33.7. The van der Waals surface area contributed by atoms with Crippen molar-refractivity contribution in [1.29, 1.82) is 0 Å². The number of allylic oxidation sites excluding steroid dienone is 1. The molecule has 0 aliphatic heterocycles. The Kier molecular flexibility index (Phi) is 13.6. The van der Waals surface area contributed by atoms with Crippen LogP contribution in [0.5, 0.6) is 0 Å². The van der Waals surface area contributed by atoms with E-state index in [1.807, 2.05) is 6.08 Å². The number of ether oxygens (including phenoxy) is 1. The Labute approximate surface area is 200 Å². The first kappa shape index (κ1) is 29.1. The molecule has 0 bridgehead atoms. The average Bonchev–Trinajstić information content (AvgIpc) is 2.75. The molecule has 0 heterocycles. The molecule has 0 aliphatic carbocycles. The first-order valence-corrected chi connectivity index (χ1v) is 13.1. The summed E-state index contributed by atoms with van der Waals surface area (Å²) in [6.07, 6.45) is 10.0. The van der Waals surface area contributed by atoms with Gasteiger partial charge in [-0.3, -0.25) is 4.79 Å². The molecular formula is C23H34N2O8S. The van der Waals surface area contributed by atoms with E-state index in [1.54, 1.807) is 12.1 Å². The predicted octanol–water partition coefficient (Wildman–Crippen LogP) is 3.02. The van der Waals surface area contributed by atoms with Crippen LogP contribution in [0.1, 0.15) is 61.7 Å². The Balaban J connectivity index is 2.18. The molecule has 0 fully saturated rings. The van der Waals surface area contributed by atoms with Crippen LogP contribution in [0.3, 0.4) is 0 Å². The van der Waals surface area contributed by atoms with Gasteiger partial charge in [0.1, 0.15) is 0 Å². The van der Waals surface area contributed by atoms with E-state index in [9.17, 15) is 22.8 Å². The van der Waals surface area contributed by atoms with Crippen molar-refractivity contribution in [2.75, 3.05) is 24.7 Å². The maximum absolute atomic E-state index is 12.0. The summed E-state index contributed by atoms with van der Waals surface area (Å²) < 4.78 is 29.1. The molecule has 0 saturated heterocycles. The molecule has 0 aliphatic rings. The summed E-state index contributed by atoms with van der Waals surface area (Å²) in [6.45, 7) is 1.11. The molecule has 1 rings (SSSR count). The monoisotopic (exact) mass is 498 g/mol. The third-order valence-corrected chi connectivity index (χ3v) is 5.49. The number of aliphatic carboxylic acids is 2. The number of sulfonamides is 1. The minimum absolute atomic E-state index is 0.129. The van der Waals surface area contributed by atoms with E-state index in [0.717, 1.165) is 56.9 Å². The number of benzene rings is 1. The SMILES string of the molecule is CS(=O)(=O)NCCCCCCCCC=CCNc1ccc(C(=O)OC(CC(=O)O)C(=O)O)cc1. The molecule has 1 aromatic carbocycles. The van der Waals surface area contributed by atoms with Crippen LogP contribution < -0.4 is 10.0 Å². The zero-order valence-electron chi connectivity index (χ0n) is 19.4. The fourth-order valence-corrected chi connectivity index (χ4v) is 3.50. The molecule has 0 radical (unpaired) electrons. The van der Waals surface area contributed by atoms with E-state index in [0.29, 0.717) is 13.1 Å². The number of esters is 1. The highest BCUT2D eigenvalue weighted by Crippen LogP contribution is 2.13. The quantitative estimate of drug-likeness (QED) is 0.135. The van der Waals surface area contributed by atoms with Crippen molar-refractivity contribution in [1.82, 2.24) is 4.72 Å². The number of carboxylic acid groups (broad SMARTS) is 2. The van der Waals surface area contributed by atoms with Crippen molar-refractivity contribution in [2.24, 2.45) is 0 Å². The molecule has 4 N–H and O–H groups in total. The minimum atomic E-state index is -3.09. The Hall–Kier alpha value is -2.92. The summed E-state index contributed by atoms with van der Waals surface area (Å²) in [7, 11) is -3.09. The second-order valence-electron chi connectivity index (χ2n) is 7.84. The fourth-order valence-electron chi connectivity index (χ4n) is 2.99. The first-order chi connectivity index (χ1) is 16.1. The average molecular weight is 499 g/mol. The van der Waals surface area contributed by atoms with Crippen LogP contribution in [0.15, 0.2) is 36.4 Å². The molecule has 0 aromatic heterocycles. The topological polar surface area (TPSA) is 159 Å². The Morgan fingerprint density at radius 2 is 1.59 bits per heavy atom. The number of unbranched alkanes of at least 4 members (excludes halogenated alkanes) is 6. The Morgan fingerprint density at radius 3 is 2.18 bits per heavy atom. The summed E-state index contributed by atoms with van der Waals surface area (Å²) in [5.41, 5.74) is 0.899. The number of carbonyl (C=O) groups is 3. The van der Waals surface area contributed by atoms with Gasteiger partial charge in [0.2, 0.25) is 16.1 Å². The van der Waals surface area contributed by atoms with Gasteiger partial charge in [-0.15, -0.1) is 0 Å². The number of nitrogens with one attached hydrogen (secondary N) is 2. The van der Waals surface area contributed by atoms with Crippen LogP contribution in [-0.4, -0.2) is 62.0 Å². The lowest BCUT2D eigenvalue weighted by molar-refractivity contribution is -0.153. The maximum Gasteiger partial charge on any atom is 0.345 e. The van der Waals surface area contributed by atoms with E-state index >= 15 is 0 Å². The number of anilines is 1. The number of hydrogen-bond donors (Lipinski definition) is 4. The molecule has 34 heavy (non-hydrogen) atoms. The number of carbonyl (C=O) groups excluding carboxylic acids is 1. The second kappa shape index (κ2) is 15.8. The molecule has 1 unspecified atom stereocenters. The van der Waals surface area contributed by atoms with E-state index in [4.69, 9.17) is 14.9 Å². The second-order valence-corrected chi connectivity index (χ2v) is 9.67. The molecule has 1 atom stereocenters. The molecule has 11 heteroatoms. The molecular weight excluding hydrogens is 464 g/mol. The van der Waals surface area contributed by atoms with Crippen molar-refractivity contribution in [3.05, 3.63) is 42.0 Å². The van der Waals surface area contributed by atoms with Crippen molar-refractivity contribution in [3.63, 3.8) is 0 Å². The van der Waals surface area contributed by atoms with Gasteiger partial charge in [0.25, 0.3) is 0 Å². The van der Waals surface area contributed by atoms with Gasteiger partial charge >= 0.3 is 17.9 Å². The predicted molar refractivity (Wildman–Crippen MR) is 128 cm³/mol. The summed E-state index contributed by atoms with van der Waals surface area (Å²) in [5.74, 6) is -3.78. The number of rotatable bonds is 18. The van der Waals surface area contributed by atoms with Gasteiger partial charge in [-0.05, 0) is 43.5 Å². The molecule has 0 amide bonds. The smallest absolute Gasteiger partial charge is 0.345 e. The van der Waals surface area contributed by atoms with Crippen LogP contribution >= 0.6 is 0 Å². The van der Waals surface area contributed by atoms with Crippen LogP contribution in [0.4, 0.5) is 5.69 Å². The van der Waals surface area contributed by atoms with E-state index in [1.165, 1.54) is 12.1 Å². The molecule has 0 saturated carbocycles.